The standard InChI is InChI=1S/C13H19NO5/c1-13(6-15,7-16)14-5-10(17)9-2-3-11-12(4-9)19-8-18-11/h2-4,10,14-17H,5-8H2,1H3. The molecule has 1 heterocycles. The third-order valence-electron chi connectivity index (χ3n) is 3.20. The van der Waals surface area contributed by atoms with Crippen LogP contribution >= 0.6 is 0 Å². The summed E-state index contributed by atoms with van der Waals surface area (Å²) < 4.78 is 10.4. The van der Waals surface area contributed by atoms with Crippen LogP contribution in [-0.2, 0) is 0 Å². The zero-order chi connectivity index (χ0) is 13.9. The average molecular weight is 269 g/mol. The molecule has 1 aliphatic heterocycles. The molecule has 106 valence electrons. The van der Waals surface area contributed by atoms with E-state index in [1.165, 1.54) is 0 Å². The lowest BCUT2D eigenvalue weighted by atomic mass is 10.0. The number of rotatable bonds is 6. The van der Waals surface area contributed by atoms with Gasteiger partial charge >= 0.3 is 0 Å². The van der Waals surface area contributed by atoms with Gasteiger partial charge in [-0.05, 0) is 24.6 Å². The van der Waals surface area contributed by atoms with Crippen LogP contribution in [0, 0.1) is 0 Å². The van der Waals surface area contributed by atoms with Crippen LogP contribution in [0.25, 0.3) is 0 Å². The molecule has 6 nitrogen and oxygen atoms in total. The van der Waals surface area contributed by atoms with Gasteiger partial charge in [0.1, 0.15) is 0 Å². The molecule has 6 heteroatoms. The summed E-state index contributed by atoms with van der Waals surface area (Å²) in [5.41, 5.74) is -0.118. The second-order valence-corrected chi connectivity index (χ2v) is 4.89. The minimum Gasteiger partial charge on any atom is -0.454 e. The van der Waals surface area contributed by atoms with Gasteiger partial charge in [-0.2, -0.15) is 0 Å². The maximum atomic E-state index is 10.1. The van der Waals surface area contributed by atoms with Crippen LogP contribution in [0.4, 0.5) is 0 Å². The number of ether oxygens (including phenoxy) is 2. The molecule has 1 unspecified atom stereocenters. The number of hydrogen-bond acceptors (Lipinski definition) is 6. The minimum atomic E-state index is -0.808. The number of benzene rings is 1. The molecule has 1 aliphatic rings. The molecule has 0 aromatic heterocycles. The topological polar surface area (TPSA) is 91.2 Å². The van der Waals surface area contributed by atoms with E-state index in [1.54, 1.807) is 25.1 Å². The SMILES string of the molecule is CC(CO)(CO)NCC(O)c1ccc2c(c1)OCO2. The van der Waals surface area contributed by atoms with Crippen LogP contribution in [0.15, 0.2) is 18.2 Å². The van der Waals surface area contributed by atoms with Crippen molar-refractivity contribution < 1.29 is 24.8 Å². The fourth-order valence-corrected chi connectivity index (χ4v) is 1.74. The van der Waals surface area contributed by atoms with Crippen molar-refractivity contribution in [3.8, 4) is 11.5 Å². The molecule has 0 fully saturated rings. The lowest BCUT2D eigenvalue weighted by Crippen LogP contribution is -2.50. The third kappa shape index (κ3) is 3.16. The second-order valence-electron chi connectivity index (χ2n) is 4.89. The first kappa shape index (κ1) is 14.1. The van der Waals surface area contributed by atoms with Crippen LogP contribution < -0.4 is 14.8 Å². The number of nitrogens with one attached hydrogen (secondary N) is 1. The van der Waals surface area contributed by atoms with Crippen molar-refractivity contribution in [1.82, 2.24) is 5.32 Å². The average Bonchev–Trinajstić information content (AvgIpc) is 2.91. The van der Waals surface area contributed by atoms with Crippen molar-refractivity contribution in [2.75, 3.05) is 26.6 Å². The molecule has 0 bridgehead atoms. The largest absolute Gasteiger partial charge is 0.454 e. The van der Waals surface area contributed by atoms with Crippen LogP contribution in [-0.4, -0.2) is 47.4 Å². The van der Waals surface area contributed by atoms with Gasteiger partial charge in [0.05, 0.1) is 24.9 Å². The summed E-state index contributed by atoms with van der Waals surface area (Å²) in [5.74, 6) is 1.28. The molecule has 0 saturated carbocycles. The normalized spacial score (nSPS) is 15.6. The molecule has 0 amide bonds. The zero-order valence-electron chi connectivity index (χ0n) is 10.8. The van der Waals surface area contributed by atoms with Gasteiger partial charge in [0, 0.05) is 6.54 Å². The summed E-state index contributed by atoms with van der Waals surface area (Å²) in [5, 5.41) is 31.3. The Kier molecular flexibility index (Phi) is 4.26. The number of aliphatic hydroxyl groups excluding tert-OH is 3. The monoisotopic (exact) mass is 269 g/mol. The first-order valence-electron chi connectivity index (χ1n) is 6.12. The molecule has 0 radical (unpaired) electrons. The van der Waals surface area contributed by atoms with Gasteiger partial charge in [0.25, 0.3) is 0 Å². The Morgan fingerprint density at radius 3 is 2.63 bits per heavy atom. The highest BCUT2D eigenvalue weighted by Gasteiger charge is 2.23. The molecule has 2 rings (SSSR count). The smallest absolute Gasteiger partial charge is 0.231 e. The Balaban J connectivity index is 1.98. The van der Waals surface area contributed by atoms with Gasteiger partial charge in [-0.25, -0.2) is 0 Å². The molecular weight excluding hydrogens is 250 g/mol. The first-order chi connectivity index (χ1) is 9.08. The van der Waals surface area contributed by atoms with Crippen molar-refractivity contribution in [2.24, 2.45) is 0 Å². The fraction of sp³-hybridized carbons (Fsp3) is 0.538. The molecule has 1 atom stereocenters. The molecule has 0 saturated heterocycles. The minimum absolute atomic E-state index is 0.195. The van der Waals surface area contributed by atoms with E-state index in [9.17, 15) is 5.11 Å². The van der Waals surface area contributed by atoms with E-state index in [1.807, 2.05) is 0 Å². The zero-order valence-corrected chi connectivity index (χ0v) is 10.8. The van der Waals surface area contributed by atoms with E-state index in [2.05, 4.69) is 5.32 Å². The number of aliphatic hydroxyl groups is 3. The number of β-amino-alcohol motifs (C(OH)–C–C–N with tert-alkyl or cyclic N) is 1. The first-order valence-corrected chi connectivity index (χ1v) is 6.12. The predicted octanol–water partition coefficient (Wildman–Crippen LogP) is -0.218. The Bertz CT molecular complexity index is 433. The van der Waals surface area contributed by atoms with Gasteiger partial charge in [0.2, 0.25) is 6.79 Å². The summed E-state index contributed by atoms with van der Waals surface area (Å²) >= 11 is 0. The molecule has 1 aromatic carbocycles. The number of hydrogen-bond donors (Lipinski definition) is 4. The van der Waals surface area contributed by atoms with Crippen molar-refractivity contribution in [3.05, 3.63) is 23.8 Å². The highest BCUT2D eigenvalue weighted by molar-refractivity contribution is 5.45. The Morgan fingerprint density at radius 2 is 1.95 bits per heavy atom. The molecule has 0 aliphatic carbocycles. The van der Waals surface area contributed by atoms with Gasteiger partial charge in [-0.1, -0.05) is 6.07 Å². The van der Waals surface area contributed by atoms with Crippen molar-refractivity contribution in [1.29, 1.82) is 0 Å². The molecular formula is C13H19NO5. The lowest BCUT2D eigenvalue weighted by Gasteiger charge is -2.27. The highest BCUT2D eigenvalue weighted by Crippen LogP contribution is 2.34. The molecule has 0 spiro atoms. The van der Waals surface area contributed by atoms with E-state index in [0.717, 1.165) is 0 Å². The summed E-state index contributed by atoms with van der Waals surface area (Å²) in [6.07, 6.45) is -0.757. The van der Waals surface area contributed by atoms with E-state index in [0.29, 0.717) is 17.1 Å². The maximum Gasteiger partial charge on any atom is 0.231 e. The highest BCUT2D eigenvalue weighted by atomic mass is 16.7. The van der Waals surface area contributed by atoms with Crippen molar-refractivity contribution in [2.45, 2.75) is 18.6 Å². The van der Waals surface area contributed by atoms with Gasteiger partial charge in [0.15, 0.2) is 11.5 Å². The van der Waals surface area contributed by atoms with Crippen molar-refractivity contribution >= 4 is 0 Å². The van der Waals surface area contributed by atoms with Crippen LogP contribution in [0.5, 0.6) is 11.5 Å². The summed E-state index contributed by atoms with van der Waals surface area (Å²) in [6, 6.07) is 5.23. The molecule has 19 heavy (non-hydrogen) atoms. The van der Waals surface area contributed by atoms with E-state index >= 15 is 0 Å². The maximum absolute atomic E-state index is 10.1. The van der Waals surface area contributed by atoms with Gasteiger partial charge < -0.3 is 30.1 Å². The second kappa shape index (κ2) is 5.75. The summed E-state index contributed by atoms with van der Waals surface area (Å²) in [4.78, 5) is 0. The lowest BCUT2D eigenvalue weighted by molar-refractivity contribution is 0.0845. The fourth-order valence-electron chi connectivity index (χ4n) is 1.74. The van der Waals surface area contributed by atoms with E-state index in [4.69, 9.17) is 19.7 Å². The third-order valence-corrected chi connectivity index (χ3v) is 3.20. The quantitative estimate of drug-likeness (QED) is 0.571. The Labute approximate surface area is 111 Å². The van der Waals surface area contributed by atoms with Crippen LogP contribution in [0.3, 0.4) is 0 Å². The molecule has 1 aromatic rings. The Hall–Kier alpha value is -1.34. The summed E-state index contributed by atoms with van der Waals surface area (Å²) in [6.45, 7) is 1.67. The van der Waals surface area contributed by atoms with Crippen molar-refractivity contribution in [3.63, 3.8) is 0 Å². The summed E-state index contributed by atoms with van der Waals surface area (Å²) in [7, 11) is 0. The molecule has 4 N–H and O–H groups in total. The van der Waals surface area contributed by atoms with E-state index < -0.39 is 11.6 Å². The van der Waals surface area contributed by atoms with Gasteiger partial charge in [-0.3, -0.25) is 0 Å². The van der Waals surface area contributed by atoms with Crippen LogP contribution in [0.1, 0.15) is 18.6 Å². The van der Waals surface area contributed by atoms with E-state index in [-0.39, 0.29) is 26.6 Å². The van der Waals surface area contributed by atoms with Gasteiger partial charge in [-0.15, -0.1) is 0 Å². The predicted molar refractivity (Wildman–Crippen MR) is 68.1 cm³/mol. The van der Waals surface area contributed by atoms with Crippen LogP contribution in [0.2, 0.25) is 0 Å². The Morgan fingerprint density at radius 1 is 1.26 bits per heavy atom. The number of fused-ring (bicyclic) bond motifs is 1.